The Labute approximate surface area is 123 Å². The quantitative estimate of drug-likeness (QED) is 0.897. The normalized spacial score (nSPS) is 18.5. The van der Waals surface area contributed by atoms with E-state index in [2.05, 4.69) is 15.6 Å². The summed E-state index contributed by atoms with van der Waals surface area (Å²) in [6.45, 7) is 3.92. The van der Waals surface area contributed by atoms with E-state index in [1.807, 2.05) is 13.8 Å². The number of alkyl halides is 2. The molecule has 4 nitrogen and oxygen atoms in total. The van der Waals surface area contributed by atoms with Crippen molar-refractivity contribution in [3.63, 3.8) is 0 Å². The Kier molecular flexibility index (Phi) is 4.75. The average Bonchev–Trinajstić information content (AvgIpc) is 2.41. The molecule has 1 saturated carbocycles. The van der Waals surface area contributed by atoms with Crippen molar-refractivity contribution in [2.45, 2.75) is 57.5 Å². The number of hydrogen-bond donors (Lipinski definition) is 2. The first-order valence-corrected chi connectivity index (χ1v) is 7.27. The predicted molar refractivity (Wildman–Crippen MR) is 77.7 cm³/mol. The molecule has 6 heteroatoms. The number of aromatic nitrogens is 1. The number of carbonyl (C=O) groups excluding carboxylic acids is 1. The van der Waals surface area contributed by atoms with Gasteiger partial charge < -0.3 is 10.6 Å². The van der Waals surface area contributed by atoms with Crippen LogP contribution in [0.25, 0.3) is 0 Å². The Bertz CT molecular complexity index is 495. The largest absolute Gasteiger partial charge is 0.367 e. The smallest absolute Gasteiger partial charge is 0.255 e. The molecule has 1 aliphatic carbocycles. The van der Waals surface area contributed by atoms with Gasteiger partial charge in [-0.05, 0) is 38.8 Å². The van der Waals surface area contributed by atoms with Gasteiger partial charge in [0, 0.05) is 31.1 Å². The molecule has 1 fully saturated rings. The highest BCUT2D eigenvalue weighted by Crippen LogP contribution is 2.33. The summed E-state index contributed by atoms with van der Waals surface area (Å²) in [4.78, 5) is 16.5. The minimum atomic E-state index is -2.58. The highest BCUT2D eigenvalue weighted by molar-refractivity contribution is 5.98. The second kappa shape index (κ2) is 6.37. The summed E-state index contributed by atoms with van der Waals surface area (Å²) in [5, 5.41) is 5.95. The lowest BCUT2D eigenvalue weighted by molar-refractivity contribution is -0.0399. The molecule has 0 spiro atoms. The number of halogens is 2. The predicted octanol–water partition coefficient (Wildman–Crippen LogP) is 3.21. The summed E-state index contributed by atoms with van der Waals surface area (Å²) in [7, 11) is 0. The number of pyridine rings is 1. The molecule has 116 valence electrons. The Morgan fingerprint density at radius 1 is 1.38 bits per heavy atom. The third-order valence-corrected chi connectivity index (χ3v) is 3.53. The van der Waals surface area contributed by atoms with E-state index in [1.54, 1.807) is 18.3 Å². The summed E-state index contributed by atoms with van der Waals surface area (Å²) in [5.74, 6) is -2.33. The molecule has 2 rings (SSSR count). The summed E-state index contributed by atoms with van der Waals surface area (Å²) in [5.41, 5.74) is 0.448. The number of rotatable bonds is 4. The molecule has 1 aliphatic rings. The van der Waals surface area contributed by atoms with Crippen molar-refractivity contribution in [2.24, 2.45) is 0 Å². The van der Waals surface area contributed by atoms with Crippen molar-refractivity contribution in [3.8, 4) is 0 Å². The van der Waals surface area contributed by atoms with Crippen molar-refractivity contribution in [1.29, 1.82) is 0 Å². The molecule has 0 aliphatic heterocycles. The zero-order chi connectivity index (χ0) is 15.5. The van der Waals surface area contributed by atoms with Crippen LogP contribution in [0.3, 0.4) is 0 Å². The van der Waals surface area contributed by atoms with E-state index in [0.717, 1.165) is 0 Å². The topological polar surface area (TPSA) is 54.0 Å². The first-order valence-electron chi connectivity index (χ1n) is 7.27. The van der Waals surface area contributed by atoms with Gasteiger partial charge >= 0.3 is 0 Å². The van der Waals surface area contributed by atoms with Crippen LogP contribution in [0.1, 0.15) is 49.9 Å². The molecule has 0 unspecified atom stereocenters. The molecular weight excluding hydrogens is 276 g/mol. The molecule has 0 atom stereocenters. The molecule has 0 bridgehead atoms. The SMILES string of the molecule is CC(C)Nc1ncccc1C(=O)NC1CCC(F)(F)CC1. The van der Waals surface area contributed by atoms with E-state index in [4.69, 9.17) is 0 Å². The maximum Gasteiger partial charge on any atom is 0.255 e. The maximum absolute atomic E-state index is 13.1. The van der Waals surface area contributed by atoms with Crippen LogP contribution in [0.2, 0.25) is 0 Å². The summed E-state index contributed by atoms with van der Waals surface area (Å²) in [6.07, 6.45) is 1.91. The highest BCUT2D eigenvalue weighted by atomic mass is 19.3. The van der Waals surface area contributed by atoms with Crippen molar-refractivity contribution in [3.05, 3.63) is 23.9 Å². The Morgan fingerprint density at radius 2 is 2.05 bits per heavy atom. The van der Waals surface area contributed by atoms with Gasteiger partial charge in [-0.1, -0.05) is 0 Å². The molecule has 0 aromatic carbocycles. The molecule has 2 N–H and O–H groups in total. The monoisotopic (exact) mass is 297 g/mol. The van der Waals surface area contributed by atoms with Gasteiger partial charge in [0.2, 0.25) is 5.92 Å². The third kappa shape index (κ3) is 4.37. The molecule has 21 heavy (non-hydrogen) atoms. The number of hydrogen-bond acceptors (Lipinski definition) is 3. The lowest BCUT2D eigenvalue weighted by Crippen LogP contribution is -2.40. The minimum absolute atomic E-state index is 0.153. The number of amides is 1. The number of nitrogens with zero attached hydrogens (tertiary/aromatic N) is 1. The van der Waals surface area contributed by atoms with Gasteiger partial charge in [0.25, 0.3) is 5.91 Å². The second-order valence-electron chi connectivity index (χ2n) is 5.80. The Balaban J connectivity index is 2.01. The van der Waals surface area contributed by atoms with Crippen molar-refractivity contribution in [2.75, 3.05) is 5.32 Å². The van der Waals surface area contributed by atoms with Crippen LogP contribution in [0.15, 0.2) is 18.3 Å². The van der Waals surface area contributed by atoms with Crippen LogP contribution in [-0.2, 0) is 0 Å². The Hall–Kier alpha value is -1.72. The zero-order valence-electron chi connectivity index (χ0n) is 12.3. The third-order valence-electron chi connectivity index (χ3n) is 3.53. The first kappa shape index (κ1) is 15.7. The average molecular weight is 297 g/mol. The lowest BCUT2D eigenvalue weighted by atomic mass is 9.92. The van der Waals surface area contributed by atoms with Crippen molar-refractivity contribution in [1.82, 2.24) is 10.3 Å². The van der Waals surface area contributed by atoms with E-state index in [1.165, 1.54) is 0 Å². The van der Waals surface area contributed by atoms with Gasteiger partial charge in [-0.15, -0.1) is 0 Å². The molecule has 0 radical (unpaired) electrons. The van der Waals surface area contributed by atoms with E-state index in [-0.39, 0.29) is 30.8 Å². The standard InChI is InChI=1S/C15H21F2N3O/c1-10(2)19-13-12(4-3-9-18-13)14(21)20-11-5-7-15(16,17)8-6-11/h3-4,9-11H,5-8H2,1-2H3,(H,18,19)(H,20,21). The molecule has 0 saturated heterocycles. The van der Waals surface area contributed by atoms with E-state index >= 15 is 0 Å². The van der Waals surface area contributed by atoms with Gasteiger partial charge in [0.1, 0.15) is 5.82 Å². The van der Waals surface area contributed by atoms with Crippen LogP contribution in [0.4, 0.5) is 14.6 Å². The summed E-state index contributed by atoms with van der Waals surface area (Å²) >= 11 is 0. The second-order valence-corrected chi connectivity index (χ2v) is 5.80. The maximum atomic E-state index is 13.1. The van der Waals surface area contributed by atoms with Gasteiger partial charge in [-0.25, -0.2) is 13.8 Å². The fourth-order valence-corrected chi connectivity index (χ4v) is 2.42. The van der Waals surface area contributed by atoms with Crippen molar-refractivity contribution >= 4 is 11.7 Å². The zero-order valence-corrected chi connectivity index (χ0v) is 12.3. The molecule has 1 heterocycles. The van der Waals surface area contributed by atoms with Crippen LogP contribution >= 0.6 is 0 Å². The molecule has 1 amide bonds. The molecule has 1 aromatic rings. The minimum Gasteiger partial charge on any atom is -0.367 e. The van der Waals surface area contributed by atoms with Gasteiger partial charge in [0.05, 0.1) is 5.56 Å². The fourth-order valence-electron chi connectivity index (χ4n) is 2.42. The Morgan fingerprint density at radius 3 is 2.67 bits per heavy atom. The van der Waals surface area contributed by atoms with Gasteiger partial charge in [-0.2, -0.15) is 0 Å². The summed E-state index contributed by atoms with van der Waals surface area (Å²) in [6, 6.07) is 3.34. The fraction of sp³-hybridized carbons (Fsp3) is 0.600. The van der Waals surface area contributed by atoms with Gasteiger partial charge in [0.15, 0.2) is 0 Å². The molecular formula is C15H21F2N3O. The first-order chi connectivity index (χ1) is 9.87. The van der Waals surface area contributed by atoms with Crippen LogP contribution < -0.4 is 10.6 Å². The summed E-state index contributed by atoms with van der Waals surface area (Å²) < 4.78 is 26.2. The van der Waals surface area contributed by atoms with E-state index in [0.29, 0.717) is 24.2 Å². The van der Waals surface area contributed by atoms with Crippen LogP contribution in [-0.4, -0.2) is 28.9 Å². The number of anilines is 1. The van der Waals surface area contributed by atoms with E-state index < -0.39 is 5.92 Å². The van der Waals surface area contributed by atoms with Gasteiger partial charge in [-0.3, -0.25) is 4.79 Å². The van der Waals surface area contributed by atoms with Crippen LogP contribution in [0, 0.1) is 0 Å². The number of carbonyl (C=O) groups is 1. The van der Waals surface area contributed by atoms with Crippen LogP contribution in [0.5, 0.6) is 0 Å². The van der Waals surface area contributed by atoms with Crippen molar-refractivity contribution < 1.29 is 13.6 Å². The van der Waals surface area contributed by atoms with E-state index in [9.17, 15) is 13.6 Å². The molecule has 1 aromatic heterocycles. The lowest BCUT2D eigenvalue weighted by Gasteiger charge is -2.29. The highest BCUT2D eigenvalue weighted by Gasteiger charge is 2.35. The number of nitrogens with one attached hydrogen (secondary N) is 2.